The first kappa shape index (κ1) is 17.5. The maximum Gasteiger partial charge on any atom is 0.192 e. The van der Waals surface area contributed by atoms with Crippen molar-refractivity contribution in [2.45, 2.75) is 5.75 Å². The zero-order valence-electron chi connectivity index (χ0n) is 11.6. The van der Waals surface area contributed by atoms with Gasteiger partial charge in [-0.3, -0.25) is 0 Å². The molecule has 0 aromatic heterocycles. The van der Waals surface area contributed by atoms with Gasteiger partial charge in [0.1, 0.15) is 16.8 Å². The second-order valence-electron chi connectivity index (χ2n) is 4.67. The number of rotatable bonds is 4. The monoisotopic (exact) mass is 369 g/mol. The average molecular weight is 370 g/mol. The van der Waals surface area contributed by atoms with E-state index in [2.05, 4.69) is 0 Å². The summed E-state index contributed by atoms with van der Waals surface area (Å²) in [6.07, 6.45) is 1.13. The maximum absolute atomic E-state index is 13.0. The Morgan fingerprint density at radius 2 is 1.83 bits per heavy atom. The van der Waals surface area contributed by atoms with Crippen LogP contribution in [0.15, 0.2) is 47.4 Å². The second-order valence-corrected chi connectivity index (χ2v) is 7.47. The molecule has 0 aliphatic rings. The lowest BCUT2D eigenvalue weighted by molar-refractivity contribution is 0.602. The molecule has 0 amide bonds. The summed E-state index contributed by atoms with van der Waals surface area (Å²) < 4.78 is 37.7. The third-order valence-corrected chi connectivity index (χ3v) is 5.14. The summed E-state index contributed by atoms with van der Waals surface area (Å²) in [5.41, 5.74) is 0.755. The van der Waals surface area contributed by atoms with Gasteiger partial charge >= 0.3 is 0 Å². The van der Waals surface area contributed by atoms with E-state index in [-0.39, 0.29) is 16.3 Å². The van der Waals surface area contributed by atoms with E-state index in [0.29, 0.717) is 10.6 Å². The maximum atomic E-state index is 13.0. The Balaban J connectivity index is 2.37. The van der Waals surface area contributed by atoms with E-state index in [9.17, 15) is 12.8 Å². The molecule has 0 fully saturated rings. The molecule has 0 heterocycles. The van der Waals surface area contributed by atoms with Gasteiger partial charge in [-0.15, -0.1) is 0 Å². The Labute approximate surface area is 143 Å². The fraction of sp³-hybridized carbons (Fsp3) is 0.0625. The number of nitrogens with zero attached hydrogens (tertiary/aromatic N) is 1. The summed E-state index contributed by atoms with van der Waals surface area (Å²) in [5.74, 6) is -0.891. The third-order valence-electron chi connectivity index (χ3n) is 2.96. The quantitative estimate of drug-likeness (QED) is 0.739. The van der Waals surface area contributed by atoms with Crippen LogP contribution in [0.3, 0.4) is 0 Å². The molecule has 118 valence electrons. The zero-order chi connectivity index (χ0) is 17.0. The van der Waals surface area contributed by atoms with Gasteiger partial charge in [0.05, 0.1) is 10.8 Å². The summed E-state index contributed by atoms with van der Waals surface area (Å²) in [6.45, 7) is 0. The Hall–Kier alpha value is -1.87. The lowest BCUT2D eigenvalue weighted by atomic mass is 10.2. The second kappa shape index (κ2) is 7.14. The Morgan fingerprint density at radius 3 is 2.39 bits per heavy atom. The van der Waals surface area contributed by atoms with Crippen molar-refractivity contribution in [1.29, 1.82) is 5.26 Å². The van der Waals surface area contributed by atoms with E-state index in [1.54, 1.807) is 30.3 Å². The number of nitriles is 1. The molecule has 0 radical (unpaired) electrons. The lowest BCUT2D eigenvalue weighted by Gasteiger charge is -2.05. The fourth-order valence-electron chi connectivity index (χ4n) is 1.83. The first-order valence-electron chi connectivity index (χ1n) is 6.36. The minimum atomic E-state index is -3.86. The topological polar surface area (TPSA) is 57.9 Å². The summed E-state index contributed by atoms with van der Waals surface area (Å²) in [4.78, 5) is -0.444. The van der Waals surface area contributed by atoms with Crippen LogP contribution in [0.2, 0.25) is 10.0 Å². The number of benzene rings is 2. The molecule has 0 aliphatic heterocycles. The summed E-state index contributed by atoms with van der Waals surface area (Å²) in [6, 6.07) is 11.4. The number of sulfone groups is 1. The van der Waals surface area contributed by atoms with Crippen LogP contribution in [-0.2, 0) is 15.6 Å². The van der Waals surface area contributed by atoms with Gasteiger partial charge in [0.2, 0.25) is 0 Å². The van der Waals surface area contributed by atoms with Crippen LogP contribution in [0.5, 0.6) is 0 Å². The van der Waals surface area contributed by atoms with E-state index in [0.717, 1.165) is 18.2 Å². The molecule has 0 atom stereocenters. The van der Waals surface area contributed by atoms with Crippen LogP contribution < -0.4 is 0 Å². The molecule has 3 nitrogen and oxygen atoms in total. The van der Waals surface area contributed by atoms with Crippen LogP contribution in [0.25, 0.3) is 6.08 Å². The normalized spacial score (nSPS) is 12.0. The summed E-state index contributed by atoms with van der Waals surface area (Å²) in [5, 5.41) is 9.67. The molecule has 2 rings (SSSR count). The van der Waals surface area contributed by atoms with Gasteiger partial charge in [-0.25, -0.2) is 12.8 Å². The third kappa shape index (κ3) is 4.55. The van der Waals surface area contributed by atoms with Crippen LogP contribution >= 0.6 is 23.2 Å². The number of allylic oxidation sites excluding steroid dienone is 1. The van der Waals surface area contributed by atoms with E-state index < -0.39 is 20.6 Å². The molecule has 0 unspecified atom stereocenters. The van der Waals surface area contributed by atoms with Crippen molar-refractivity contribution in [2.24, 2.45) is 0 Å². The predicted octanol–water partition coefficient (Wildman–Crippen LogP) is 4.61. The number of hydrogen-bond acceptors (Lipinski definition) is 3. The first-order chi connectivity index (χ1) is 10.8. The average Bonchev–Trinajstić information content (AvgIpc) is 2.48. The molecule has 0 N–H and O–H groups in total. The molecule has 2 aromatic rings. The molecule has 2 aromatic carbocycles. The standard InChI is InChI=1S/C16H10Cl2FNO2S/c17-13-4-1-11(2-5-13)10-23(21,22)15(9-20)7-12-3-6-14(19)8-16(12)18/h1-8H,10H2. The molecule has 0 bridgehead atoms. The first-order valence-corrected chi connectivity index (χ1v) is 8.77. The zero-order valence-corrected chi connectivity index (χ0v) is 14.0. The van der Waals surface area contributed by atoms with Crippen LogP contribution in [-0.4, -0.2) is 8.42 Å². The molecule has 0 saturated heterocycles. The highest BCUT2D eigenvalue weighted by Gasteiger charge is 2.19. The van der Waals surface area contributed by atoms with Crippen molar-refractivity contribution in [2.75, 3.05) is 0 Å². The van der Waals surface area contributed by atoms with Gasteiger partial charge in [0, 0.05) is 5.02 Å². The van der Waals surface area contributed by atoms with Gasteiger partial charge in [0.15, 0.2) is 9.84 Å². The van der Waals surface area contributed by atoms with E-state index in [4.69, 9.17) is 28.5 Å². The van der Waals surface area contributed by atoms with Crippen molar-refractivity contribution in [3.05, 3.63) is 74.4 Å². The SMILES string of the molecule is N#CC(=Cc1ccc(F)cc1Cl)S(=O)(=O)Cc1ccc(Cl)cc1. The molecule has 7 heteroatoms. The van der Waals surface area contributed by atoms with Crippen molar-refractivity contribution in [1.82, 2.24) is 0 Å². The van der Waals surface area contributed by atoms with Crippen molar-refractivity contribution in [3.63, 3.8) is 0 Å². The largest absolute Gasteiger partial charge is 0.223 e. The van der Waals surface area contributed by atoms with Crippen LogP contribution in [0, 0.1) is 17.1 Å². The smallest absolute Gasteiger partial charge is 0.192 e. The Bertz CT molecular complexity index is 901. The highest BCUT2D eigenvalue weighted by molar-refractivity contribution is 7.95. The van der Waals surface area contributed by atoms with E-state index in [1.807, 2.05) is 0 Å². The minimum Gasteiger partial charge on any atom is -0.223 e. The minimum absolute atomic E-state index is 0.0273. The summed E-state index contributed by atoms with van der Waals surface area (Å²) >= 11 is 11.6. The van der Waals surface area contributed by atoms with Crippen molar-refractivity contribution in [3.8, 4) is 6.07 Å². The van der Waals surface area contributed by atoms with Gasteiger partial charge in [0.25, 0.3) is 0 Å². The number of halogens is 3. The van der Waals surface area contributed by atoms with Gasteiger partial charge < -0.3 is 0 Å². The van der Waals surface area contributed by atoms with Crippen LogP contribution in [0.1, 0.15) is 11.1 Å². The van der Waals surface area contributed by atoms with Gasteiger partial charge in [-0.05, 0) is 41.5 Å². The predicted molar refractivity (Wildman–Crippen MR) is 89.1 cm³/mol. The Kier molecular flexibility index (Phi) is 5.42. The summed E-state index contributed by atoms with van der Waals surface area (Å²) in [7, 11) is -3.86. The van der Waals surface area contributed by atoms with Gasteiger partial charge in [-0.2, -0.15) is 5.26 Å². The highest BCUT2D eigenvalue weighted by Crippen LogP contribution is 2.23. The number of hydrogen-bond donors (Lipinski definition) is 0. The Morgan fingerprint density at radius 1 is 1.17 bits per heavy atom. The highest BCUT2D eigenvalue weighted by atomic mass is 35.5. The van der Waals surface area contributed by atoms with E-state index >= 15 is 0 Å². The van der Waals surface area contributed by atoms with Crippen molar-refractivity contribution >= 4 is 39.1 Å². The van der Waals surface area contributed by atoms with Crippen LogP contribution in [0.4, 0.5) is 4.39 Å². The molecule has 0 saturated carbocycles. The van der Waals surface area contributed by atoms with Gasteiger partial charge in [-0.1, -0.05) is 41.4 Å². The molecule has 0 spiro atoms. The molecular weight excluding hydrogens is 360 g/mol. The molecule has 0 aliphatic carbocycles. The lowest BCUT2D eigenvalue weighted by Crippen LogP contribution is -2.06. The van der Waals surface area contributed by atoms with E-state index in [1.165, 1.54) is 6.07 Å². The van der Waals surface area contributed by atoms with Crippen molar-refractivity contribution < 1.29 is 12.8 Å². The molecular formula is C16H10Cl2FNO2S. The fourth-order valence-corrected chi connectivity index (χ4v) is 3.41. The molecule has 23 heavy (non-hydrogen) atoms.